The monoisotopic (exact) mass is 490 g/mol. The fourth-order valence-corrected chi connectivity index (χ4v) is 6.22. The van der Waals surface area contributed by atoms with E-state index in [-0.39, 0.29) is 24.1 Å². The van der Waals surface area contributed by atoms with Crippen LogP contribution in [0.4, 0.5) is 5.82 Å². The molecule has 0 bridgehead atoms. The third-order valence-electron chi connectivity index (χ3n) is 7.20. The first-order valence-corrected chi connectivity index (χ1v) is 12.8. The average Bonchev–Trinajstić information content (AvgIpc) is 3.39. The smallest absolute Gasteiger partial charge is 0.255 e. The number of hydrogen-bond donors (Lipinski definition) is 1. The molecule has 35 heavy (non-hydrogen) atoms. The molecular formula is C25H26N6O3S. The number of nitrogens with zero attached hydrogens (tertiary/aromatic N) is 5. The summed E-state index contributed by atoms with van der Waals surface area (Å²) in [4.78, 5) is 53.1. The van der Waals surface area contributed by atoms with Crippen molar-refractivity contribution in [1.82, 2.24) is 25.1 Å². The first-order chi connectivity index (χ1) is 17.0. The maximum absolute atomic E-state index is 12.9. The molecule has 1 aromatic carbocycles. The minimum atomic E-state index is -0.579. The van der Waals surface area contributed by atoms with Crippen LogP contribution in [-0.2, 0) is 22.7 Å². The number of aryl methyl sites for hydroxylation is 1. The summed E-state index contributed by atoms with van der Waals surface area (Å²) in [6.07, 6.45) is 2.30. The van der Waals surface area contributed by atoms with Crippen LogP contribution in [0.3, 0.4) is 0 Å². The summed E-state index contributed by atoms with van der Waals surface area (Å²) >= 11 is 1.66. The van der Waals surface area contributed by atoms with Gasteiger partial charge in [0.2, 0.25) is 11.8 Å². The number of piperazine rings is 1. The number of piperidine rings is 1. The summed E-state index contributed by atoms with van der Waals surface area (Å²) in [5.41, 5.74) is 3.99. The van der Waals surface area contributed by atoms with Crippen LogP contribution in [0.2, 0.25) is 0 Å². The Balaban J connectivity index is 1.11. The van der Waals surface area contributed by atoms with Gasteiger partial charge < -0.3 is 9.80 Å². The quantitative estimate of drug-likeness (QED) is 0.559. The Morgan fingerprint density at radius 3 is 2.74 bits per heavy atom. The van der Waals surface area contributed by atoms with Crippen LogP contribution in [0, 0.1) is 6.92 Å². The lowest BCUT2D eigenvalue weighted by molar-refractivity contribution is -0.136. The van der Waals surface area contributed by atoms with Crippen molar-refractivity contribution in [3.05, 3.63) is 52.2 Å². The molecule has 0 saturated carbocycles. The Morgan fingerprint density at radius 1 is 1.11 bits per heavy atom. The molecular weight excluding hydrogens is 464 g/mol. The van der Waals surface area contributed by atoms with Crippen molar-refractivity contribution in [2.75, 3.05) is 31.1 Å². The van der Waals surface area contributed by atoms with Crippen molar-refractivity contribution in [3.8, 4) is 0 Å². The van der Waals surface area contributed by atoms with Crippen molar-refractivity contribution in [1.29, 1.82) is 0 Å². The number of imide groups is 1. The number of nitrogens with one attached hydrogen (secondary N) is 1. The van der Waals surface area contributed by atoms with E-state index >= 15 is 0 Å². The number of benzene rings is 1. The highest BCUT2D eigenvalue weighted by atomic mass is 32.1. The minimum absolute atomic E-state index is 0.130. The molecule has 2 fully saturated rings. The van der Waals surface area contributed by atoms with Gasteiger partial charge >= 0.3 is 0 Å². The third kappa shape index (κ3) is 3.96. The van der Waals surface area contributed by atoms with Crippen LogP contribution >= 0.6 is 11.3 Å². The van der Waals surface area contributed by atoms with Crippen LogP contribution in [0.1, 0.15) is 39.9 Å². The fourth-order valence-electron chi connectivity index (χ4n) is 5.34. The molecule has 0 radical (unpaired) electrons. The Labute approximate surface area is 206 Å². The van der Waals surface area contributed by atoms with E-state index in [1.54, 1.807) is 22.6 Å². The summed E-state index contributed by atoms with van der Waals surface area (Å²) in [6, 6.07) is 5.41. The van der Waals surface area contributed by atoms with E-state index in [0.717, 1.165) is 59.9 Å². The topological polar surface area (TPSA) is 98.7 Å². The summed E-state index contributed by atoms with van der Waals surface area (Å²) in [6.45, 7) is 6.97. The van der Waals surface area contributed by atoms with Crippen LogP contribution < -0.4 is 10.2 Å². The molecule has 6 rings (SSSR count). The lowest BCUT2D eigenvalue weighted by atomic mass is 10.0. The SMILES string of the molecule is Cc1csc2ncnc(N3CCN(Cc4ccc5c(c4)CN(C4CCC(=O)NC4=O)C5=O)CC3)c12. The number of thiophene rings is 1. The largest absolute Gasteiger partial charge is 0.353 e. The Hall–Kier alpha value is -3.37. The summed E-state index contributed by atoms with van der Waals surface area (Å²) in [5, 5.41) is 5.66. The van der Waals surface area contributed by atoms with Gasteiger partial charge in [-0.2, -0.15) is 0 Å². The molecule has 0 spiro atoms. The van der Waals surface area contributed by atoms with Gasteiger partial charge in [-0.1, -0.05) is 12.1 Å². The van der Waals surface area contributed by atoms with Crippen molar-refractivity contribution in [2.24, 2.45) is 0 Å². The maximum Gasteiger partial charge on any atom is 0.255 e. The number of fused-ring (bicyclic) bond motifs is 2. The Morgan fingerprint density at radius 2 is 1.94 bits per heavy atom. The number of anilines is 1. The van der Waals surface area contributed by atoms with Crippen molar-refractivity contribution in [2.45, 2.75) is 38.9 Å². The number of aromatic nitrogens is 2. The van der Waals surface area contributed by atoms with Gasteiger partial charge in [0.15, 0.2) is 0 Å². The molecule has 5 heterocycles. The van der Waals surface area contributed by atoms with E-state index in [2.05, 4.69) is 43.5 Å². The second-order valence-electron chi connectivity index (χ2n) is 9.45. The molecule has 3 amide bonds. The lowest BCUT2D eigenvalue weighted by Gasteiger charge is -2.35. The number of amides is 3. The van der Waals surface area contributed by atoms with E-state index in [9.17, 15) is 14.4 Å². The summed E-state index contributed by atoms with van der Waals surface area (Å²) < 4.78 is 0. The van der Waals surface area contributed by atoms with Crippen LogP contribution in [-0.4, -0.2) is 69.7 Å². The van der Waals surface area contributed by atoms with E-state index in [4.69, 9.17) is 0 Å². The standard InChI is InChI=1S/C25H26N6O3S/c1-15-13-35-24-21(15)22(26-14-27-24)30-8-6-29(7-9-30)11-16-2-3-18-17(10-16)12-31(25(18)34)19-4-5-20(32)28-23(19)33/h2-3,10,13-14,19H,4-9,11-12H2,1H3,(H,28,32,33). The zero-order valence-corrected chi connectivity index (χ0v) is 20.3. The van der Waals surface area contributed by atoms with E-state index in [0.29, 0.717) is 18.5 Å². The van der Waals surface area contributed by atoms with E-state index in [1.165, 1.54) is 5.56 Å². The number of hydrogen-bond acceptors (Lipinski definition) is 8. The highest BCUT2D eigenvalue weighted by Gasteiger charge is 2.39. The molecule has 3 aliphatic rings. The highest BCUT2D eigenvalue weighted by molar-refractivity contribution is 7.17. The van der Waals surface area contributed by atoms with Gasteiger partial charge in [-0.05, 0) is 41.5 Å². The molecule has 1 atom stereocenters. The second-order valence-corrected chi connectivity index (χ2v) is 10.3. The zero-order valence-electron chi connectivity index (χ0n) is 19.5. The van der Waals surface area contributed by atoms with Crippen LogP contribution in [0.25, 0.3) is 10.2 Å². The molecule has 1 N–H and O–H groups in total. The Bertz CT molecular complexity index is 1350. The van der Waals surface area contributed by atoms with Gasteiger partial charge in [0.1, 0.15) is 23.0 Å². The van der Waals surface area contributed by atoms with E-state index < -0.39 is 6.04 Å². The normalized spacial score (nSPS) is 21.1. The van der Waals surface area contributed by atoms with Gasteiger partial charge in [-0.15, -0.1) is 11.3 Å². The van der Waals surface area contributed by atoms with E-state index in [1.807, 2.05) is 12.1 Å². The second kappa shape index (κ2) is 8.69. The summed E-state index contributed by atoms with van der Waals surface area (Å²) in [5.74, 6) is 0.249. The van der Waals surface area contributed by atoms with Gasteiger partial charge in [0.25, 0.3) is 5.91 Å². The average molecular weight is 491 g/mol. The third-order valence-corrected chi connectivity index (χ3v) is 8.20. The van der Waals surface area contributed by atoms with Crippen molar-refractivity contribution >= 4 is 45.1 Å². The first kappa shape index (κ1) is 22.1. The molecule has 180 valence electrons. The molecule has 10 heteroatoms. The van der Waals surface area contributed by atoms with Gasteiger partial charge in [0.05, 0.1) is 5.39 Å². The highest BCUT2D eigenvalue weighted by Crippen LogP contribution is 2.32. The minimum Gasteiger partial charge on any atom is -0.353 e. The zero-order chi connectivity index (χ0) is 24.1. The number of carbonyl (C=O) groups excluding carboxylic acids is 3. The molecule has 0 aliphatic carbocycles. The molecule has 3 aromatic rings. The van der Waals surface area contributed by atoms with Crippen molar-refractivity contribution < 1.29 is 14.4 Å². The van der Waals surface area contributed by atoms with Gasteiger partial charge in [-0.25, -0.2) is 9.97 Å². The Kier molecular flexibility index (Phi) is 5.49. The maximum atomic E-state index is 12.9. The predicted octanol–water partition coefficient (Wildman–Crippen LogP) is 2.08. The molecule has 1 unspecified atom stereocenters. The predicted molar refractivity (Wildman–Crippen MR) is 132 cm³/mol. The van der Waals surface area contributed by atoms with Gasteiger partial charge in [-0.3, -0.25) is 24.6 Å². The van der Waals surface area contributed by atoms with Gasteiger partial charge in [0, 0.05) is 51.3 Å². The lowest BCUT2D eigenvalue weighted by Crippen LogP contribution is -2.52. The van der Waals surface area contributed by atoms with Crippen LogP contribution in [0.15, 0.2) is 29.9 Å². The first-order valence-electron chi connectivity index (χ1n) is 11.9. The molecule has 9 nitrogen and oxygen atoms in total. The number of carbonyl (C=O) groups is 3. The molecule has 2 aromatic heterocycles. The number of rotatable bonds is 4. The molecule has 2 saturated heterocycles. The fraction of sp³-hybridized carbons (Fsp3) is 0.400. The van der Waals surface area contributed by atoms with Crippen molar-refractivity contribution in [3.63, 3.8) is 0 Å². The van der Waals surface area contributed by atoms with Crippen LogP contribution in [0.5, 0.6) is 0 Å². The molecule has 3 aliphatic heterocycles. The summed E-state index contributed by atoms with van der Waals surface area (Å²) in [7, 11) is 0.